The summed E-state index contributed by atoms with van der Waals surface area (Å²) < 4.78 is 5.32. The van der Waals surface area contributed by atoms with Gasteiger partial charge < -0.3 is 20.3 Å². The lowest BCUT2D eigenvalue weighted by Gasteiger charge is -2.17. The van der Waals surface area contributed by atoms with Crippen LogP contribution in [0.1, 0.15) is 33.1 Å². The summed E-state index contributed by atoms with van der Waals surface area (Å²) in [6.07, 6.45) is 3.45. The molecule has 21 heavy (non-hydrogen) atoms. The van der Waals surface area contributed by atoms with Crippen LogP contribution in [0.2, 0.25) is 0 Å². The highest BCUT2D eigenvalue weighted by Gasteiger charge is 2.17. The highest BCUT2D eigenvalue weighted by molar-refractivity contribution is 5.44. The predicted molar refractivity (Wildman–Crippen MR) is 85.0 cm³/mol. The molecular weight excluding hydrogens is 268 g/mol. The van der Waals surface area contributed by atoms with Crippen LogP contribution >= 0.6 is 0 Å². The summed E-state index contributed by atoms with van der Waals surface area (Å²) in [5.74, 6) is 2.03. The lowest BCUT2D eigenvalue weighted by Crippen LogP contribution is -2.23. The molecule has 1 aliphatic rings. The van der Waals surface area contributed by atoms with E-state index in [1.807, 2.05) is 6.92 Å². The molecule has 0 amide bonds. The molecule has 7 nitrogen and oxygen atoms in total. The fourth-order valence-electron chi connectivity index (χ4n) is 2.20. The molecule has 1 aromatic rings. The maximum absolute atomic E-state index is 5.32. The van der Waals surface area contributed by atoms with E-state index in [1.165, 1.54) is 12.8 Å². The van der Waals surface area contributed by atoms with Crippen molar-refractivity contribution in [2.75, 3.05) is 54.9 Å². The monoisotopic (exact) mass is 294 g/mol. The number of anilines is 3. The van der Waals surface area contributed by atoms with E-state index >= 15 is 0 Å². The van der Waals surface area contributed by atoms with Crippen molar-refractivity contribution in [3.8, 4) is 0 Å². The van der Waals surface area contributed by atoms with Crippen LogP contribution in [0.15, 0.2) is 0 Å². The average Bonchev–Trinajstić information content (AvgIpc) is 3.04. The second kappa shape index (κ2) is 8.61. The van der Waals surface area contributed by atoms with Crippen molar-refractivity contribution in [2.24, 2.45) is 0 Å². The molecule has 7 heteroatoms. The van der Waals surface area contributed by atoms with Gasteiger partial charge >= 0.3 is 0 Å². The standard InChI is InChI=1S/C14H26N6O/c1-3-7-15-12-17-13(16-8-11-21-4-2)19-14(18-12)20-9-5-6-10-20/h3-11H2,1-2H3,(H2,15,16,17,18,19). The predicted octanol–water partition coefficient (Wildman–Crippen LogP) is 1.74. The summed E-state index contributed by atoms with van der Waals surface area (Å²) in [6, 6.07) is 0. The van der Waals surface area contributed by atoms with Crippen molar-refractivity contribution in [1.29, 1.82) is 0 Å². The molecule has 1 aromatic heterocycles. The summed E-state index contributed by atoms with van der Waals surface area (Å²) >= 11 is 0. The summed E-state index contributed by atoms with van der Waals surface area (Å²) in [7, 11) is 0. The SMILES string of the molecule is CCCNc1nc(NCCOCC)nc(N2CCCC2)n1. The van der Waals surface area contributed by atoms with Crippen LogP contribution in [-0.4, -0.2) is 54.3 Å². The number of hydrogen-bond acceptors (Lipinski definition) is 7. The van der Waals surface area contributed by atoms with Crippen LogP contribution in [0.5, 0.6) is 0 Å². The van der Waals surface area contributed by atoms with Crippen molar-refractivity contribution in [1.82, 2.24) is 15.0 Å². The van der Waals surface area contributed by atoms with Crippen molar-refractivity contribution in [2.45, 2.75) is 33.1 Å². The van der Waals surface area contributed by atoms with E-state index in [2.05, 4.69) is 37.4 Å². The van der Waals surface area contributed by atoms with Crippen LogP contribution in [0, 0.1) is 0 Å². The number of nitrogens with one attached hydrogen (secondary N) is 2. The number of nitrogens with zero attached hydrogens (tertiary/aromatic N) is 4. The van der Waals surface area contributed by atoms with Crippen LogP contribution in [0.25, 0.3) is 0 Å². The molecule has 0 aliphatic carbocycles. The number of aromatic nitrogens is 3. The lowest BCUT2D eigenvalue weighted by molar-refractivity contribution is 0.158. The largest absolute Gasteiger partial charge is 0.380 e. The van der Waals surface area contributed by atoms with E-state index in [0.717, 1.165) is 38.6 Å². The normalized spacial score (nSPS) is 14.5. The van der Waals surface area contributed by atoms with Crippen LogP contribution in [0.4, 0.5) is 17.8 Å². The first kappa shape index (κ1) is 15.8. The highest BCUT2D eigenvalue weighted by atomic mass is 16.5. The van der Waals surface area contributed by atoms with Gasteiger partial charge in [0.25, 0.3) is 0 Å². The van der Waals surface area contributed by atoms with Crippen molar-refractivity contribution < 1.29 is 4.74 Å². The van der Waals surface area contributed by atoms with Gasteiger partial charge in [-0.1, -0.05) is 6.92 Å². The van der Waals surface area contributed by atoms with Gasteiger partial charge in [0.1, 0.15) is 0 Å². The molecule has 0 bridgehead atoms. The summed E-state index contributed by atoms with van der Waals surface area (Å²) in [5, 5.41) is 6.45. The Labute approximate surface area is 126 Å². The molecular formula is C14H26N6O. The molecule has 2 N–H and O–H groups in total. The molecule has 0 unspecified atom stereocenters. The quantitative estimate of drug-likeness (QED) is 0.672. The van der Waals surface area contributed by atoms with Gasteiger partial charge in [0.15, 0.2) is 0 Å². The molecule has 0 spiro atoms. The van der Waals surface area contributed by atoms with Crippen molar-refractivity contribution in [3.63, 3.8) is 0 Å². The smallest absolute Gasteiger partial charge is 0.231 e. The maximum Gasteiger partial charge on any atom is 0.231 e. The number of ether oxygens (including phenoxy) is 1. The Kier molecular flexibility index (Phi) is 6.46. The first-order chi connectivity index (χ1) is 10.3. The third-order valence-electron chi connectivity index (χ3n) is 3.28. The molecule has 2 rings (SSSR count). The van der Waals surface area contributed by atoms with E-state index < -0.39 is 0 Å². The highest BCUT2D eigenvalue weighted by Crippen LogP contribution is 2.18. The zero-order valence-corrected chi connectivity index (χ0v) is 13.1. The molecule has 1 aliphatic heterocycles. The summed E-state index contributed by atoms with van der Waals surface area (Å²) in [6.45, 7) is 9.09. The van der Waals surface area contributed by atoms with Gasteiger partial charge in [0.2, 0.25) is 17.8 Å². The fourth-order valence-corrected chi connectivity index (χ4v) is 2.20. The third-order valence-corrected chi connectivity index (χ3v) is 3.28. The molecule has 0 atom stereocenters. The van der Waals surface area contributed by atoms with E-state index in [-0.39, 0.29) is 0 Å². The van der Waals surface area contributed by atoms with E-state index in [9.17, 15) is 0 Å². The molecule has 0 radical (unpaired) electrons. The van der Waals surface area contributed by atoms with Crippen molar-refractivity contribution >= 4 is 17.8 Å². The molecule has 0 saturated carbocycles. The second-order valence-electron chi connectivity index (χ2n) is 5.03. The summed E-state index contributed by atoms with van der Waals surface area (Å²) in [5.41, 5.74) is 0. The Morgan fingerprint density at radius 2 is 1.67 bits per heavy atom. The van der Waals surface area contributed by atoms with Gasteiger partial charge in [0.05, 0.1) is 6.61 Å². The van der Waals surface area contributed by atoms with Crippen LogP contribution < -0.4 is 15.5 Å². The molecule has 0 aromatic carbocycles. The van der Waals surface area contributed by atoms with E-state index in [1.54, 1.807) is 0 Å². The topological polar surface area (TPSA) is 75.2 Å². The van der Waals surface area contributed by atoms with Crippen molar-refractivity contribution in [3.05, 3.63) is 0 Å². The Morgan fingerprint density at radius 3 is 2.29 bits per heavy atom. The second-order valence-corrected chi connectivity index (χ2v) is 5.03. The third kappa shape index (κ3) is 5.00. The fraction of sp³-hybridized carbons (Fsp3) is 0.786. The minimum atomic E-state index is 0.616. The average molecular weight is 294 g/mol. The van der Waals surface area contributed by atoms with Gasteiger partial charge in [0, 0.05) is 32.8 Å². The first-order valence-electron chi connectivity index (χ1n) is 7.90. The first-order valence-corrected chi connectivity index (χ1v) is 7.90. The van der Waals surface area contributed by atoms with Crippen LogP contribution in [0.3, 0.4) is 0 Å². The Hall–Kier alpha value is -1.63. The zero-order chi connectivity index (χ0) is 14.9. The minimum absolute atomic E-state index is 0.616. The van der Waals surface area contributed by atoms with Gasteiger partial charge in [-0.2, -0.15) is 15.0 Å². The van der Waals surface area contributed by atoms with E-state index in [0.29, 0.717) is 25.0 Å². The molecule has 118 valence electrons. The Morgan fingerprint density at radius 1 is 1.00 bits per heavy atom. The molecule has 1 fully saturated rings. The Balaban J connectivity index is 2.04. The molecule has 2 heterocycles. The van der Waals surface area contributed by atoms with E-state index in [4.69, 9.17) is 4.74 Å². The van der Waals surface area contributed by atoms with Crippen LogP contribution in [-0.2, 0) is 4.74 Å². The van der Waals surface area contributed by atoms with Gasteiger partial charge in [-0.3, -0.25) is 0 Å². The maximum atomic E-state index is 5.32. The number of rotatable bonds is 9. The summed E-state index contributed by atoms with van der Waals surface area (Å²) in [4.78, 5) is 15.7. The lowest BCUT2D eigenvalue weighted by atomic mass is 10.4. The van der Waals surface area contributed by atoms with Gasteiger partial charge in [-0.25, -0.2) is 0 Å². The number of hydrogen-bond donors (Lipinski definition) is 2. The molecule has 1 saturated heterocycles. The van der Waals surface area contributed by atoms with Gasteiger partial charge in [-0.15, -0.1) is 0 Å². The van der Waals surface area contributed by atoms with Gasteiger partial charge in [-0.05, 0) is 26.2 Å². The minimum Gasteiger partial charge on any atom is -0.380 e. The zero-order valence-electron chi connectivity index (χ0n) is 13.1. The Bertz CT molecular complexity index is 422.